The van der Waals surface area contributed by atoms with E-state index in [1.807, 2.05) is 30.3 Å². The molecule has 4 aromatic heterocycles. The zero-order valence-corrected chi connectivity index (χ0v) is 17.5. The number of nitrogens with zero attached hydrogens (tertiary/aromatic N) is 7. The molecule has 0 aliphatic carbocycles. The number of rotatable bonds is 4. The number of nitriles is 1. The van der Waals surface area contributed by atoms with E-state index in [-0.39, 0.29) is 34.3 Å². The van der Waals surface area contributed by atoms with Crippen molar-refractivity contribution in [2.45, 2.75) is 0 Å². The van der Waals surface area contributed by atoms with E-state index in [4.69, 9.17) is 9.15 Å². The summed E-state index contributed by atoms with van der Waals surface area (Å²) in [7, 11) is 1.52. The summed E-state index contributed by atoms with van der Waals surface area (Å²) in [5.41, 5.74) is 1.77. The van der Waals surface area contributed by atoms with E-state index in [0.29, 0.717) is 28.1 Å². The van der Waals surface area contributed by atoms with Gasteiger partial charge in [0.25, 0.3) is 0 Å². The van der Waals surface area contributed by atoms with Gasteiger partial charge >= 0.3 is 0 Å². The molecule has 4 heterocycles. The minimum atomic E-state index is -0.525. The third kappa shape index (κ3) is 2.77. The molecular formula is C22H13N9O3. The van der Waals surface area contributed by atoms with Crippen LogP contribution in [0.15, 0.2) is 57.7 Å². The molecule has 0 saturated carbocycles. The molecular weight excluding hydrogens is 438 g/mol. The maximum Gasteiger partial charge on any atom is 0.238 e. The molecule has 0 atom stereocenters. The van der Waals surface area contributed by atoms with Gasteiger partial charge in [-0.1, -0.05) is 36.4 Å². The van der Waals surface area contributed by atoms with E-state index in [1.54, 1.807) is 18.2 Å². The normalized spacial score (nSPS) is 11.2. The van der Waals surface area contributed by atoms with Crippen LogP contribution in [0.5, 0.6) is 5.75 Å². The van der Waals surface area contributed by atoms with Crippen LogP contribution < -0.4 is 10.2 Å². The molecule has 34 heavy (non-hydrogen) atoms. The lowest BCUT2D eigenvalue weighted by atomic mass is 10.1. The Labute approximate surface area is 189 Å². The van der Waals surface area contributed by atoms with Gasteiger partial charge in [0, 0.05) is 5.56 Å². The molecule has 0 aliphatic rings. The Morgan fingerprint density at radius 1 is 1.12 bits per heavy atom. The van der Waals surface area contributed by atoms with Crippen molar-refractivity contribution < 1.29 is 9.15 Å². The van der Waals surface area contributed by atoms with Crippen LogP contribution >= 0.6 is 0 Å². The van der Waals surface area contributed by atoms with E-state index >= 15 is 0 Å². The van der Waals surface area contributed by atoms with Crippen LogP contribution in [0.25, 0.3) is 51.0 Å². The van der Waals surface area contributed by atoms with Gasteiger partial charge < -0.3 is 9.15 Å². The Morgan fingerprint density at radius 2 is 1.97 bits per heavy atom. The van der Waals surface area contributed by atoms with E-state index < -0.39 is 5.43 Å². The maximum absolute atomic E-state index is 13.8. The fourth-order valence-electron chi connectivity index (χ4n) is 3.84. The van der Waals surface area contributed by atoms with Crippen LogP contribution in [-0.4, -0.2) is 47.3 Å². The van der Waals surface area contributed by atoms with Crippen molar-refractivity contribution in [3.8, 4) is 46.0 Å². The number of benzene rings is 2. The zero-order chi connectivity index (χ0) is 23.2. The van der Waals surface area contributed by atoms with Gasteiger partial charge in [-0.2, -0.15) is 10.5 Å². The van der Waals surface area contributed by atoms with E-state index in [2.05, 4.69) is 41.8 Å². The van der Waals surface area contributed by atoms with Crippen molar-refractivity contribution in [2.75, 3.05) is 7.11 Å². The van der Waals surface area contributed by atoms with E-state index in [0.717, 1.165) is 0 Å². The molecule has 2 aromatic carbocycles. The lowest BCUT2D eigenvalue weighted by molar-refractivity contribution is 0.419. The molecule has 6 aromatic rings. The molecule has 0 unspecified atom stereocenters. The second-order valence-electron chi connectivity index (χ2n) is 7.20. The monoisotopic (exact) mass is 451 g/mol. The molecule has 0 spiro atoms. The second kappa shape index (κ2) is 7.38. The number of hydrogen-bond acceptors (Lipinski definition) is 9. The highest BCUT2D eigenvalue weighted by atomic mass is 16.5. The van der Waals surface area contributed by atoms with Crippen molar-refractivity contribution in [1.29, 1.82) is 5.26 Å². The summed E-state index contributed by atoms with van der Waals surface area (Å²) in [5.74, 6) is 0.616. The molecule has 0 fully saturated rings. The van der Waals surface area contributed by atoms with Gasteiger partial charge in [-0.3, -0.25) is 9.89 Å². The first-order valence-electron chi connectivity index (χ1n) is 10.0. The smallest absolute Gasteiger partial charge is 0.238 e. The molecule has 0 amide bonds. The van der Waals surface area contributed by atoms with E-state index in [9.17, 15) is 10.1 Å². The largest absolute Gasteiger partial charge is 0.494 e. The van der Waals surface area contributed by atoms with Gasteiger partial charge in [-0.15, -0.1) is 10.2 Å². The number of tetrazole rings is 1. The van der Waals surface area contributed by atoms with Crippen molar-refractivity contribution in [1.82, 2.24) is 40.2 Å². The number of ether oxygens (including phenoxy) is 1. The fourth-order valence-corrected chi connectivity index (χ4v) is 3.84. The summed E-state index contributed by atoms with van der Waals surface area (Å²) >= 11 is 0. The number of para-hydroxylation sites is 1. The molecule has 12 nitrogen and oxygen atoms in total. The first kappa shape index (κ1) is 19.4. The molecule has 0 saturated heterocycles. The number of methoxy groups -OCH3 is 1. The fraction of sp³-hybridized carbons (Fsp3) is 0.0455. The summed E-state index contributed by atoms with van der Waals surface area (Å²) < 4.78 is 12.7. The number of fused-ring (bicyclic) bond motifs is 2. The quantitative estimate of drug-likeness (QED) is 0.410. The van der Waals surface area contributed by atoms with Gasteiger partial charge in [-0.25, -0.2) is 14.5 Å². The molecule has 2 N–H and O–H groups in total. The topological polar surface area (TPSA) is 164 Å². The van der Waals surface area contributed by atoms with Crippen LogP contribution in [0.3, 0.4) is 0 Å². The van der Waals surface area contributed by atoms with Crippen LogP contribution in [0.2, 0.25) is 0 Å². The number of aromatic amines is 2. The van der Waals surface area contributed by atoms with Crippen molar-refractivity contribution in [2.24, 2.45) is 0 Å². The van der Waals surface area contributed by atoms with E-state index in [1.165, 1.54) is 11.6 Å². The highest BCUT2D eigenvalue weighted by Gasteiger charge is 2.27. The predicted molar refractivity (Wildman–Crippen MR) is 119 cm³/mol. The van der Waals surface area contributed by atoms with Crippen LogP contribution in [-0.2, 0) is 0 Å². The molecule has 0 aliphatic heterocycles. The first-order chi connectivity index (χ1) is 16.7. The number of aromatic nitrogens is 8. The molecule has 164 valence electrons. The number of nitrogens with one attached hydrogen (secondary N) is 2. The SMILES string of the molecule is COc1cccc2oc(-c3c(-c4nn[nH]n4)[nH]n4c(-c5ccccc5)c(C#N)nc4c3=O)nc12. The van der Waals surface area contributed by atoms with Crippen LogP contribution in [0.4, 0.5) is 0 Å². The molecule has 0 bridgehead atoms. The highest BCUT2D eigenvalue weighted by Crippen LogP contribution is 2.33. The lowest BCUT2D eigenvalue weighted by Crippen LogP contribution is -2.15. The Kier molecular flexibility index (Phi) is 4.21. The minimum absolute atomic E-state index is 0.00753. The Hall–Kier alpha value is -5.31. The first-order valence-corrected chi connectivity index (χ1v) is 10.0. The third-order valence-corrected chi connectivity index (χ3v) is 5.32. The lowest BCUT2D eigenvalue weighted by Gasteiger charge is -2.07. The zero-order valence-electron chi connectivity index (χ0n) is 17.5. The van der Waals surface area contributed by atoms with Crippen LogP contribution in [0.1, 0.15) is 5.69 Å². The summed E-state index contributed by atoms with van der Waals surface area (Å²) in [6, 6.07) is 16.4. The summed E-state index contributed by atoms with van der Waals surface area (Å²) in [6.07, 6.45) is 0. The van der Waals surface area contributed by atoms with Gasteiger partial charge in [0.15, 0.2) is 16.8 Å². The number of imidazole rings is 1. The highest BCUT2D eigenvalue weighted by molar-refractivity contribution is 5.85. The molecule has 12 heteroatoms. The van der Waals surface area contributed by atoms with Gasteiger partial charge in [-0.05, 0) is 17.3 Å². The van der Waals surface area contributed by atoms with Crippen molar-refractivity contribution in [3.63, 3.8) is 0 Å². The Bertz CT molecular complexity index is 1770. The second-order valence-corrected chi connectivity index (χ2v) is 7.20. The van der Waals surface area contributed by atoms with Crippen molar-refractivity contribution >= 4 is 16.7 Å². The summed E-state index contributed by atoms with van der Waals surface area (Å²) in [5, 5.41) is 26.9. The molecule has 6 rings (SSSR count). The average Bonchev–Trinajstić information content (AvgIpc) is 3.62. The summed E-state index contributed by atoms with van der Waals surface area (Å²) in [4.78, 5) is 22.6. The standard InChI is InChI=1S/C22H13N9O3/c1-33-13-8-5-9-14-16(13)25-22(34-14)15-17(20-26-29-30-27-20)28-31-18(11-6-3-2-4-7-11)12(10-23)24-21(31)19(15)32/h2-9,28H,1H3,(H,26,27,29,30). The molecule has 0 radical (unpaired) electrons. The van der Waals surface area contributed by atoms with Gasteiger partial charge in [0.05, 0.1) is 7.11 Å². The maximum atomic E-state index is 13.8. The Morgan fingerprint density at radius 3 is 2.71 bits per heavy atom. The number of oxazole rings is 1. The van der Waals surface area contributed by atoms with Crippen LogP contribution in [0, 0.1) is 11.3 Å². The minimum Gasteiger partial charge on any atom is -0.494 e. The number of H-pyrrole nitrogens is 2. The number of hydrogen-bond donors (Lipinski definition) is 2. The summed E-state index contributed by atoms with van der Waals surface area (Å²) in [6.45, 7) is 0. The van der Waals surface area contributed by atoms with Crippen molar-refractivity contribution in [3.05, 3.63) is 64.4 Å². The third-order valence-electron chi connectivity index (χ3n) is 5.32. The predicted octanol–water partition coefficient (Wildman–Crippen LogP) is 2.56. The van der Waals surface area contributed by atoms with Gasteiger partial charge in [0.2, 0.25) is 22.8 Å². The average molecular weight is 451 g/mol. The Balaban J connectivity index is 1.72. The van der Waals surface area contributed by atoms with Gasteiger partial charge in [0.1, 0.15) is 28.8 Å².